The molecule has 0 spiro atoms. The lowest BCUT2D eigenvalue weighted by Crippen LogP contribution is -2.35. The van der Waals surface area contributed by atoms with Crippen molar-refractivity contribution >= 4 is 16.8 Å². The third-order valence-corrected chi connectivity index (χ3v) is 8.70. The predicted molar refractivity (Wildman–Crippen MR) is 174 cm³/mol. The average Bonchev–Trinajstić information content (AvgIpc) is 3.37. The van der Waals surface area contributed by atoms with Crippen molar-refractivity contribution in [3.8, 4) is 23.8 Å². The number of rotatable bonds is 9. The van der Waals surface area contributed by atoms with Gasteiger partial charge in [0.2, 0.25) is 5.88 Å². The lowest BCUT2D eigenvalue weighted by molar-refractivity contribution is -0.0592. The Morgan fingerprint density at radius 1 is 1.15 bits per heavy atom. The molecule has 2 aliphatic rings. The Morgan fingerprint density at radius 3 is 2.60 bits per heavy atom. The Hall–Kier alpha value is -4.61. The average molecular weight is 636 g/mol. The van der Waals surface area contributed by atoms with Gasteiger partial charge in [-0.1, -0.05) is 24.0 Å². The molecule has 1 atom stereocenters. The molecule has 4 aromatic rings. The molecule has 2 fully saturated rings. The van der Waals surface area contributed by atoms with Crippen LogP contribution in [0.15, 0.2) is 48.5 Å². The molecule has 0 radical (unpaired) electrons. The molecule has 2 aromatic carbocycles. The molecular formula is C37H38FN5O4. The molecule has 242 valence electrons. The zero-order valence-corrected chi connectivity index (χ0v) is 26.9. The Balaban J connectivity index is 1.17. The van der Waals surface area contributed by atoms with Gasteiger partial charge in [0.25, 0.3) is 0 Å². The van der Waals surface area contributed by atoms with Crippen molar-refractivity contribution in [1.29, 1.82) is 5.26 Å². The summed E-state index contributed by atoms with van der Waals surface area (Å²) < 4.78 is 28.1. The number of carbonyl (C=O) groups excluding carboxylic acids is 1. The normalized spacial score (nSPS) is 17.1. The number of hydrogen-bond donors (Lipinski definition) is 1. The summed E-state index contributed by atoms with van der Waals surface area (Å²) in [6, 6.07) is 15.6. The number of benzene rings is 2. The van der Waals surface area contributed by atoms with Crippen LogP contribution in [-0.2, 0) is 24.4 Å². The quantitative estimate of drug-likeness (QED) is 0.189. The van der Waals surface area contributed by atoms with Gasteiger partial charge in [-0.2, -0.15) is 5.26 Å². The summed E-state index contributed by atoms with van der Waals surface area (Å²) in [5.74, 6) is 7.02. The number of ether oxygens (including phenoxy) is 2. The van der Waals surface area contributed by atoms with Crippen LogP contribution in [0.2, 0.25) is 0 Å². The van der Waals surface area contributed by atoms with Crippen molar-refractivity contribution in [2.24, 2.45) is 0 Å². The molecule has 2 saturated heterocycles. The van der Waals surface area contributed by atoms with Crippen LogP contribution in [0.1, 0.15) is 84.5 Å². The number of nitriles is 1. The number of carbonyl (C=O) groups is 1. The highest BCUT2D eigenvalue weighted by Crippen LogP contribution is 2.31. The van der Waals surface area contributed by atoms with Gasteiger partial charge in [0, 0.05) is 35.4 Å². The maximum atomic E-state index is 14.3. The predicted octanol–water partition coefficient (Wildman–Crippen LogP) is 5.51. The van der Waals surface area contributed by atoms with Crippen LogP contribution in [0, 0.1) is 29.0 Å². The number of piperidine rings is 1. The van der Waals surface area contributed by atoms with Crippen LogP contribution in [0.3, 0.4) is 0 Å². The first kappa shape index (κ1) is 32.3. The van der Waals surface area contributed by atoms with Crippen LogP contribution in [0.5, 0.6) is 5.88 Å². The minimum atomic E-state index is -1.18. The van der Waals surface area contributed by atoms with Gasteiger partial charge in [-0.3, -0.25) is 9.69 Å². The van der Waals surface area contributed by atoms with Gasteiger partial charge in [0.05, 0.1) is 41.9 Å². The number of pyridine rings is 1. The molecule has 0 unspecified atom stereocenters. The van der Waals surface area contributed by atoms with E-state index in [0.717, 1.165) is 61.5 Å². The van der Waals surface area contributed by atoms with E-state index in [1.807, 2.05) is 24.3 Å². The summed E-state index contributed by atoms with van der Waals surface area (Å²) in [4.78, 5) is 24.7. The molecule has 0 aliphatic carbocycles. The van der Waals surface area contributed by atoms with Crippen LogP contribution < -0.4 is 4.74 Å². The van der Waals surface area contributed by atoms with Gasteiger partial charge >= 0.3 is 0 Å². The molecule has 6 rings (SSSR count). The highest BCUT2D eigenvalue weighted by Gasteiger charge is 2.27. The fraction of sp³-hybridized carbons (Fsp3) is 0.405. The van der Waals surface area contributed by atoms with E-state index in [1.54, 1.807) is 45.0 Å². The first-order chi connectivity index (χ1) is 22.6. The van der Waals surface area contributed by atoms with E-state index >= 15 is 0 Å². The number of Topliss-reactive ketones (excluding diaryl/α,β-unsaturated/α-hetero) is 1. The second kappa shape index (κ2) is 13.6. The summed E-state index contributed by atoms with van der Waals surface area (Å²) in [5, 5.41) is 19.2. The summed E-state index contributed by atoms with van der Waals surface area (Å²) >= 11 is 0. The van der Waals surface area contributed by atoms with Gasteiger partial charge in [0.1, 0.15) is 29.4 Å². The molecular weight excluding hydrogens is 597 g/mol. The van der Waals surface area contributed by atoms with Crippen LogP contribution in [0.4, 0.5) is 4.39 Å². The highest BCUT2D eigenvalue weighted by atomic mass is 19.1. The third-order valence-electron chi connectivity index (χ3n) is 8.70. The molecule has 47 heavy (non-hydrogen) atoms. The van der Waals surface area contributed by atoms with Crippen LogP contribution in [0.25, 0.3) is 11.0 Å². The topological polar surface area (TPSA) is 113 Å². The first-order valence-corrected chi connectivity index (χ1v) is 16.0. The monoisotopic (exact) mass is 635 g/mol. The first-order valence-electron chi connectivity index (χ1n) is 16.0. The zero-order valence-electron chi connectivity index (χ0n) is 26.9. The third kappa shape index (κ3) is 7.69. The van der Waals surface area contributed by atoms with Crippen molar-refractivity contribution in [1.82, 2.24) is 19.4 Å². The molecule has 9 nitrogen and oxygen atoms in total. The number of likely N-dealkylation sites (tertiary alicyclic amines) is 1. The van der Waals surface area contributed by atoms with Crippen molar-refractivity contribution in [3.63, 3.8) is 0 Å². The van der Waals surface area contributed by atoms with E-state index < -0.39 is 11.4 Å². The van der Waals surface area contributed by atoms with Crippen LogP contribution in [-0.4, -0.2) is 61.7 Å². The van der Waals surface area contributed by atoms with E-state index in [1.165, 1.54) is 6.07 Å². The minimum absolute atomic E-state index is 0.0261. The molecule has 2 aromatic heterocycles. The number of aromatic nitrogens is 3. The molecule has 4 heterocycles. The number of imidazole rings is 1. The Labute approximate surface area is 274 Å². The maximum Gasteiger partial charge on any atom is 0.213 e. The van der Waals surface area contributed by atoms with Crippen molar-refractivity contribution < 1.29 is 23.8 Å². The number of hydrogen-bond acceptors (Lipinski definition) is 8. The molecule has 1 N–H and O–H groups in total. The minimum Gasteiger partial charge on any atom is -0.473 e. The van der Waals surface area contributed by atoms with Gasteiger partial charge in [-0.15, -0.1) is 0 Å². The number of halogens is 1. The number of fused-ring (bicyclic) bond motifs is 1. The smallest absolute Gasteiger partial charge is 0.213 e. The fourth-order valence-corrected chi connectivity index (χ4v) is 5.96. The second-order valence-electron chi connectivity index (χ2n) is 12.8. The van der Waals surface area contributed by atoms with Crippen molar-refractivity contribution in [2.75, 3.05) is 19.7 Å². The number of ketones is 1. The van der Waals surface area contributed by atoms with Gasteiger partial charge in [0.15, 0.2) is 5.78 Å². The van der Waals surface area contributed by atoms with Crippen LogP contribution >= 0.6 is 0 Å². The zero-order chi connectivity index (χ0) is 33.1. The molecule has 0 saturated carbocycles. The molecule has 0 bridgehead atoms. The fourth-order valence-electron chi connectivity index (χ4n) is 5.96. The Bertz CT molecular complexity index is 1900. The summed E-state index contributed by atoms with van der Waals surface area (Å²) in [6.07, 6.45) is 2.88. The van der Waals surface area contributed by atoms with E-state index in [9.17, 15) is 14.3 Å². The van der Waals surface area contributed by atoms with Gasteiger partial charge in [-0.25, -0.2) is 14.4 Å². The Kier molecular flexibility index (Phi) is 9.38. The molecule has 2 aliphatic heterocycles. The summed E-state index contributed by atoms with van der Waals surface area (Å²) in [6.45, 7) is 8.55. The van der Waals surface area contributed by atoms with E-state index in [0.29, 0.717) is 35.7 Å². The maximum absolute atomic E-state index is 14.3. The summed E-state index contributed by atoms with van der Waals surface area (Å²) in [7, 11) is 0. The number of nitrogens with zero attached hydrogens (tertiary/aromatic N) is 5. The standard InChI is InChI=1S/C37H38FN5O4/c1-24(44)29-18-27(9-13-37(2,3)45)36-33(19-29)43(21-30-12-16-46-30)34(41-36)22-42-14-10-26(11-15-42)32-5-4-6-35(40-32)47-23-28-8-7-25(20-39)17-31(28)38/h4-8,17-19,26,30,45H,10-12,14-16,21-23H2,1-3H3/t30-/m0/s1. The largest absolute Gasteiger partial charge is 0.473 e. The second-order valence-corrected chi connectivity index (χ2v) is 12.8. The van der Waals surface area contributed by atoms with E-state index in [-0.39, 0.29) is 30.0 Å². The SMILES string of the molecule is CC(=O)c1cc(C#CC(C)(C)O)c2nc(CN3CCC(c4cccc(OCc5ccc(C#N)cc5F)n4)CC3)n(C[C@@H]3CCO3)c2c1. The molecule has 0 amide bonds. The molecule has 10 heteroatoms. The van der Waals surface area contributed by atoms with E-state index in [2.05, 4.69) is 21.3 Å². The highest BCUT2D eigenvalue weighted by molar-refractivity contribution is 5.99. The lowest BCUT2D eigenvalue weighted by Gasteiger charge is -2.32. The van der Waals surface area contributed by atoms with Gasteiger partial charge in [-0.05, 0) is 83.5 Å². The lowest BCUT2D eigenvalue weighted by atomic mass is 9.93. The number of aliphatic hydroxyl groups is 1. The van der Waals surface area contributed by atoms with Crippen molar-refractivity contribution in [2.45, 2.75) is 77.4 Å². The van der Waals surface area contributed by atoms with E-state index in [4.69, 9.17) is 24.7 Å². The van der Waals surface area contributed by atoms with Crippen molar-refractivity contribution in [3.05, 3.63) is 88.1 Å². The van der Waals surface area contributed by atoms with Gasteiger partial charge < -0.3 is 19.1 Å². The Morgan fingerprint density at radius 2 is 1.94 bits per heavy atom. The summed E-state index contributed by atoms with van der Waals surface area (Å²) in [5.41, 5.74) is 3.15.